The molecule has 104 valence electrons. The maximum absolute atomic E-state index is 13.3. The number of ether oxygens (including phenoxy) is 1. The number of nitrogens with one attached hydrogen (secondary N) is 1. The molecule has 2 atom stereocenters. The molecule has 1 aromatic rings. The van der Waals surface area contributed by atoms with Gasteiger partial charge in [-0.2, -0.15) is 0 Å². The molecule has 0 saturated carbocycles. The van der Waals surface area contributed by atoms with Gasteiger partial charge in [-0.25, -0.2) is 4.39 Å². The van der Waals surface area contributed by atoms with Crippen LogP contribution in [-0.2, 0) is 0 Å². The molecular weight excluding hydrogens is 241 g/mol. The summed E-state index contributed by atoms with van der Waals surface area (Å²) in [4.78, 5) is 0. The highest BCUT2D eigenvalue weighted by Crippen LogP contribution is 2.26. The summed E-state index contributed by atoms with van der Waals surface area (Å²) in [6, 6.07) is 4.77. The van der Waals surface area contributed by atoms with Crippen LogP contribution in [0.5, 0.6) is 5.75 Å². The van der Waals surface area contributed by atoms with Crippen LogP contribution in [0.2, 0.25) is 0 Å². The normalized spacial score (nSPS) is 20.3. The van der Waals surface area contributed by atoms with E-state index in [2.05, 4.69) is 24.4 Å². The fourth-order valence-electron chi connectivity index (χ4n) is 2.54. The third-order valence-corrected chi connectivity index (χ3v) is 3.75. The molecule has 1 aliphatic rings. The third kappa shape index (κ3) is 3.80. The van der Waals surface area contributed by atoms with Gasteiger partial charge in [-0.1, -0.05) is 12.2 Å². The highest BCUT2D eigenvalue weighted by Gasteiger charge is 2.15. The number of hydrogen-bond acceptors (Lipinski definition) is 2. The molecule has 0 aromatic heterocycles. The number of benzene rings is 1. The largest absolute Gasteiger partial charge is 0.496 e. The van der Waals surface area contributed by atoms with Crippen LogP contribution in [0.1, 0.15) is 37.8 Å². The zero-order valence-corrected chi connectivity index (χ0v) is 11.7. The fourth-order valence-corrected chi connectivity index (χ4v) is 2.54. The maximum atomic E-state index is 13.3. The van der Waals surface area contributed by atoms with Crippen LogP contribution in [0, 0.1) is 11.7 Å². The van der Waals surface area contributed by atoms with Gasteiger partial charge in [0.1, 0.15) is 11.6 Å². The van der Waals surface area contributed by atoms with Gasteiger partial charge in [0.25, 0.3) is 0 Å². The number of methoxy groups -OCH3 is 1. The topological polar surface area (TPSA) is 21.3 Å². The lowest BCUT2D eigenvalue weighted by Crippen LogP contribution is -2.26. The van der Waals surface area contributed by atoms with Gasteiger partial charge in [0.15, 0.2) is 0 Å². The zero-order valence-electron chi connectivity index (χ0n) is 11.7. The predicted molar refractivity (Wildman–Crippen MR) is 75.9 cm³/mol. The van der Waals surface area contributed by atoms with Crippen molar-refractivity contribution in [3.63, 3.8) is 0 Å². The number of allylic oxidation sites excluding steroid dienone is 2. The van der Waals surface area contributed by atoms with Crippen LogP contribution in [0.15, 0.2) is 30.4 Å². The van der Waals surface area contributed by atoms with Gasteiger partial charge < -0.3 is 10.1 Å². The van der Waals surface area contributed by atoms with Crippen molar-refractivity contribution in [3.05, 3.63) is 41.7 Å². The molecule has 0 bridgehead atoms. The second-order valence-electron chi connectivity index (χ2n) is 5.17. The predicted octanol–water partition coefficient (Wildman–Crippen LogP) is 3.84. The van der Waals surface area contributed by atoms with Crippen LogP contribution >= 0.6 is 0 Å². The highest BCUT2D eigenvalue weighted by atomic mass is 19.1. The molecule has 3 heteroatoms. The van der Waals surface area contributed by atoms with E-state index in [0.29, 0.717) is 5.92 Å². The lowest BCUT2D eigenvalue weighted by atomic mass is 9.94. The molecule has 1 aliphatic carbocycles. The average molecular weight is 263 g/mol. The monoisotopic (exact) mass is 263 g/mol. The van der Waals surface area contributed by atoms with E-state index in [1.807, 2.05) is 0 Å². The SMILES string of the molecule is COc1ccc(F)cc1C(C)NCC1CC=CCC1. The molecule has 0 aliphatic heterocycles. The Kier molecular flexibility index (Phi) is 4.97. The van der Waals surface area contributed by atoms with Crippen molar-refractivity contribution in [2.24, 2.45) is 5.92 Å². The molecule has 0 radical (unpaired) electrons. The van der Waals surface area contributed by atoms with Crippen LogP contribution < -0.4 is 10.1 Å². The molecule has 2 nitrogen and oxygen atoms in total. The number of halogens is 1. The molecule has 0 heterocycles. The van der Waals surface area contributed by atoms with E-state index < -0.39 is 0 Å². The van der Waals surface area contributed by atoms with Crippen LogP contribution in [0.3, 0.4) is 0 Å². The summed E-state index contributed by atoms with van der Waals surface area (Å²) < 4.78 is 18.6. The van der Waals surface area contributed by atoms with Gasteiger partial charge >= 0.3 is 0 Å². The molecule has 0 spiro atoms. The molecule has 0 fully saturated rings. The lowest BCUT2D eigenvalue weighted by Gasteiger charge is -2.22. The Balaban J connectivity index is 1.96. The molecule has 0 saturated heterocycles. The zero-order chi connectivity index (χ0) is 13.7. The van der Waals surface area contributed by atoms with E-state index in [-0.39, 0.29) is 11.9 Å². The molecule has 19 heavy (non-hydrogen) atoms. The smallest absolute Gasteiger partial charge is 0.123 e. The van der Waals surface area contributed by atoms with Crippen molar-refractivity contribution in [3.8, 4) is 5.75 Å². The quantitative estimate of drug-likeness (QED) is 0.815. The van der Waals surface area contributed by atoms with Gasteiger partial charge in [-0.05, 0) is 56.8 Å². The van der Waals surface area contributed by atoms with Crippen LogP contribution in [0.25, 0.3) is 0 Å². The number of hydrogen-bond donors (Lipinski definition) is 1. The summed E-state index contributed by atoms with van der Waals surface area (Å²) in [5.74, 6) is 1.21. The molecule has 2 rings (SSSR count). The van der Waals surface area contributed by atoms with Crippen molar-refractivity contribution in [1.82, 2.24) is 5.32 Å². The minimum Gasteiger partial charge on any atom is -0.496 e. The van der Waals surface area contributed by atoms with E-state index in [9.17, 15) is 4.39 Å². The molecular formula is C16H22FNO. The summed E-state index contributed by atoms with van der Waals surface area (Å²) in [6.07, 6.45) is 8.04. The Morgan fingerprint density at radius 2 is 2.26 bits per heavy atom. The standard InChI is InChI=1S/C16H22FNO/c1-12(18-11-13-6-4-3-5-7-13)15-10-14(17)8-9-16(15)19-2/h3-4,8-10,12-13,18H,5-7,11H2,1-2H3. The van der Waals surface area contributed by atoms with Crippen molar-refractivity contribution in [2.45, 2.75) is 32.2 Å². The first-order valence-electron chi connectivity index (χ1n) is 6.92. The first-order valence-corrected chi connectivity index (χ1v) is 6.92. The Morgan fingerprint density at radius 3 is 2.95 bits per heavy atom. The third-order valence-electron chi connectivity index (χ3n) is 3.75. The van der Waals surface area contributed by atoms with Crippen LogP contribution in [0.4, 0.5) is 4.39 Å². The van der Waals surface area contributed by atoms with Gasteiger partial charge in [-0.15, -0.1) is 0 Å². The first-order chi connectivity index (χ1) is 9.20. The van der Waals surface area contributed by atoms with Gasteiger partial charge in [0, 0.05) is 11.6 Å². The second kappa shape index (κ2) is 6.71. The Hall–Kier alpha value is -1.35. The maximum Gasteiger partial charge on any atom is 0.123 e. The highest BCUT2D eigenvalue weighted by molar-refractivity contribution is 5.36. The van der Waals surface area contributed by atoms with E-state index in [1.165, 1.54) is 18.9 Å². The minimum absolute atomic E-state index is 0.0940. The Morgan fingerprint density at radius 1 is 1.42 bits per heavy atom. The summed E-state index contributed by atoms with van der Waals surface area (Å²) in [7, 11) is 1.62. The van der Waals surface area contributed by atoms with Gasteiger partial charge in [0.2, 0.25) is 0 Å². The van der Waals surface area contributed by atoms with Crippen molar-refractivity contribution in [2.75, 3.05) is 13.7 Å². The first kappa shape index (κ1) is 14.1. The fraction of sp³-hybridized carbons (Fsp3) is 0.500. The lowest BCUT2D eigenvalue weighted by molar-refractivity contribution is 0.386. The van der Waals surface area contributed by atoms with Crippen LogP contribution in [-0.4, -0.2) is 13.7 Å². The minimum atomic E-state index is -0.218. The Bertz CT molecular complexity index is 444. The Labute approximate surface area is 114 Å². The van der Waals surface area contributed by atoms with Gasteiger partial charge in [0.05, 0.1) is 7.11 Å². The van der Waals surface area contributed by atoms with E-state index in [1.54, 1.807) is 19.2 Å². The average Bonchev–Trinajstić information content (AvgIpc) is 2.46. The molecule has 0 amide bonds. The van der Waals surface area contributed by atoms with E-state index >= 15 is 0 Å². The van der Waals surface area contributed by atoms with Crippen molar-refractivity contribution < 1.29 is 9.13 Å². The molecule has 1 N–H and O–H groups in total. The van der Waals surface area contributed by atoms with E-state index in [4.69, 9.17) is 4.74 Å². The van der Waals surface area contributed by atoms with Crippen molar-refractivity contribution in [1.29, 1.82) is 0 Å². The summed E-state index contributed by atoms with van der Waals surface area (Å²) >= 11 is 0. The summed E-state index contributed by atoms with van der Waals surface area (Å²) in [5, 5.41) is 3.49. The molecule has 1 aromatic carbocycles. The van der Waals surface area contributed by atoms with Gasteiger partial charge in [-0.3, -0.25) is 0 Å². The molecule has 2 unspecified atom stereocenters. The number of rotatable bonds is 5. The summed E-state index contributed by atoms with van der Waals surface area (Å²) in [5.41, 5.74) is 0.883. The summed E-state index contributed by atoms with van der Waals surface area (Å²) in [6.45, 7) is 3.02. The van der Waals surface area contributed by atoms with E-state index in [0.717, 1.165) is 24.3 Å². The second-order valence-corrected chi connectivity index (χ2v) is 5.17. The van der Waals surface area contributed by atoms with Crippen molar-refractivity contribution >= 4 is 0 Å².